The summed E-state index contributed by atoms with van der Waals surface area (Å²) < 4.78 is 25.7. The number of aromatic nitrogens is 2. The Morgan fingerprint density at radius 1 is 1.72 bits per heavy atom. The summed E-state index contributed by atoms with van der Waals surface area (Å²) in [7, 11) is -2.19. The first-order valence-corrected chi connectivity index (χ1v) is 6.69. The third kappa shape index (κ3) is 2.79. The second kappa shape index (κ2) is 5.36. The fraction of sp³-hybridized carbons (Fsp3) is 0.556. The minimum absolute atomic E-state index is 0.0199. The first-order chi connectivity index (χ1) is 8.30. The molecule has 18 heavy (non-hydrogen) atoms. The van der Waals surface area contributed by atoms with E-state index < -0.39 is 16.1 Å². The van der Waals surface area contributed by atoms with Gasteiger partial charge in [0.1, 0.15) is 10.7 Å². The monoisotopic (exact) mass is 275 g/mol. The number of aryl methyl sites for hydroxylation is 1. The lowest BCUT2D eigenvalue weighted by Gasteiger charge is -2.23. The van der Waals surface area contributed by atoms with Crippen molar-refractivity contribution in [3.8, 4) is 0 Å². The summed E-state index contributed by atoms with van der Waals surface area (Å²) in [4.78, 5) is 0.122. The van der Waals surface area contributed by atoms with Gasteiger partial charge in [-0.25, -0.2) is 8.42 Å². The number of nitrogens with one attached hydrogen (secondary N) is 1. The van der Waals surface area contributed by atoms with E-state index >= 15 is 0 Å². The molecule has 102 valence electrons. The zero-order valence-electron chi connectivity index (χ0n) is 10.5. The van der Waals surface area contributed by atoms with E-state index in [0.717, 1.165) is 0 Å². The van der Waals surface area contributed by atoms with E-state index in [1.54, 1.807) is 13.8 Å². The van der Waals surface area contributed by atoms with Gasteiger partial charge in [-0.3, -0.25) is 5.10 Å². The number of hydrogen-bond acceptors (Lipinski definition) is 5. The fourth-order valence-corrected chi connectivity index (χ4v) is 2.94. The summed E-state index contributed by atoms with van der Waals surface area (Å²) in [5.41, 5.74) is 5.83. The maximum atomic E-state index is 12.2. The average molecular weight is 275 g/mol. The van der Waals surface area contributed by atoms with Crippen molar-refractivity contribution in [3.05, 3.63) is 11.9 Å². The molecule has 9 heteroatoms. The van der Waals surface area contributed by atoms with E-state index in [1.807, 2.05) is 0 Å². The summed E-state index contributed by atoms with van der Waals surface area (Å²) in [6.07, 6.45) is 1.40. The van der Waals surface area contributed by atoms with E-state index in [9.17, 15) is 8.42 Å². The minimum Gasteiger partial charge on any atom is -0.409 e. The number of nitrogens with zero attached hydrogens (tertiary/aromatic N) is 3. The summed E-state index contributed by atoms with van der Waals surface area (Å²) in [6.45, 7) is 3.30. The van der Waals surface area contributed by atoms with Crippen LogP contribution in [0.4, 0.5) is 0 Å². The van der Waals surface area contributed by atoms with Crippen LogP contribution in [0.25, 0.3) is 0 Å². The highest BCUT2D eigenvalue weighted by molar-refractivity contribution is 7.89. The Bertz CT molecular complexity index is 536. The van der Waals surface area contributed by atoms with Gasteiger partial charge in [-0.15, -0.1) is 0 Å². The molecular weight excluding hydrogens is 258 g/mol. The lowest BCUT2D eigenvalue weighted by Crippen LogP contribution is -2.37. The molecule has 0 radical (unpaired) electrons. The van der Waals surface area contributed by atoms with Gasteiger partial charge in [0.2, 0.25) is 10.0 Å². The highest BCUT2D eigenvalue weighted by Crippen LogP contribution is 2.19. The van der Waals surface area contributed by atoms with E-state index in [-0.39, 0.29) is 17.2 Å². The molecule has 0 spiro atoms. The molecule has 1 aromatic rings. The molecule has 0 aliphatic rings. The summed E-state index contributed by atoms with van der Waals surface area (Å²) in [6, 6.07) is -0.430. The van der Waals surface area contributed by atoms with E-state index in [1.165, 1.54) is 17.5 Å². The number of aromatic amines is 1. The lowest BCUT2D eigenvalue weighted by atomic mass is 10.2. The van der Waals surface area contributed by atoms with Gasteiger partial charge < -0.3 is 10.9 Å². The van der Waals surface area contributed by atoms with Crippen molar-refractivity contribution < 1.29 is 13.6 Å². The largest absolute Gasteiger partial charge is 0.409 e. The molecule has 8 nitrogen and oxygen atoms in total. The molecule has 0 aliphatic heterocycles. The van der Waals surface area contributed by atoms with Gasteiger partial charge in [-0.1, -0.05) is 5.16 Å². The third-order valence-electron chi connectivity index (χ3n) is 2.69. The molecule has 1 unspecified atom stereocenters. The van der Waals surface area contributed by atoms with Crippen LogP contribution in [0.1, 0.15) is 19.0 Å². The van der Waals surface area contributed by atoms with Crippen molar-refractivity contribution in [1.29, 1.82) is 0 Å². The molecule has 1 heterocycles. The smallest absolute Gasteiger partial charge is 0.246 e. The molecule has 0 aliphatic carbocycles. The zero-order chi connectivity index (χ0) is 13.9. The quantitative estimate of drug-likeness (QED) is 0.298. The van der Waals surface area contributed by atoms with Crippen molar-refractivity contribution in [2.45, 2.75) is 31.2 Å². The molecule has 0 aromatic carbocycles. The van der Waals surface area contributed by atoms with Crippen LogP contribution in [0.3, 0.4) is 0 Å². The van der Waals surface area contributed by atoms with Crippen LogP contribution < -0.4 is 5.73 Å². The van der Waals surface area contributed by atoms with Gasteiger partial charge in [-0.05, 0) is 13.8 Å². The number of H-pyrrole nitrogens is 1. The minimum atomic E-state index is -3.63. The number of rotatable bonds is 5. The first-order valence-electron chi connectivity index (χ1n) is 5.25. The van der Waals surface area contributed by atoms with Crippen molar-refractivity contribution in [2.75, 3.05) is 7.05 Å². The van der Waals surface area contributed by atoms with Crippen LogP contribution in [-0.4, -0.2) is 47.1 Å². The van der Waals surface area contributed by atoms with Gasteiger partial charge in [0.25, 0.3) is 0 Å². The topological polar surface area (TPSA) is 125 Å². The van der Waals surface area contributed by atoms with E-state index in [2.05, 4.69) is 15.4 Å². The number of nitrogens with two attached hydrogens (primary N) is 1. The predicted molar refractivity (Wildman–Crippen MR) is 65.8 cm³/mol. The SMILES string of the molecule is Cc1[nH]ncc1S(=O)(=O)N(C)C(C)C/C(N)=N/O. The van der Waals surface area contributed by atoms with Crippen molar-refractivity contribution >= 4 is 15.9 Å². The summed E-state index contributed by atoms with van der Waals surface area (Å²) in [5, 5.41) is 17.6. The molecule has 0 bridgehead atoms. The van der Waals surface area contributed by atoms with E-state index in [0.29, 0.717) is 5.69 Å². The molecule has 4 N–H and O–H groups in total. The second-order valence-corrected chi connectivity index (χ2v) is 5.99. The van der Waals surface area contributed by atoms with Crippen molar-refractivity contribution in [3.63, 3.8) is 0 Å². The number of oxime groups is 1. The second-order valence-electron chi connectivity index (χ2n) is 4.02. The van der Waals surface area contributed by atoms with Crippen LogP contribution in [0.2, 0.25) is 0 Å². The Hall–Kier alpha value is -1.61. The average Bonchev–Trinajstić information content (AvgIpc) is 2.74. The van der Waals surface area contributed by atoms with Crippen molar-refractivity contribution in [1.82, 2.24) is 14.5 Å². The summed E-state index contributed by atoms with van der Waals surface area (Å²) >= 11 is 0. The predicted octanol–water partition coefficient (Wildman–Crippen LogP) is -0.136. The van der Waals surface area contributed by atoms with Gasteiger partial charge in [0, 0.05) is 19.5 Å². The molecule has 0 amide bonds. The van der Waals surface area contributed by atoms with Crippen LogP contribution >= 0.6 is 0 Å². The van der Waals surface area contributed by atoms with Gasteiger partial charge in [-0.2, -0.15) is 9.40 Å². The van der Waals surface area contributed by atoms with Crippen LogP contribution in [0, 0.1) is 6.92 Å². The normalized spacial score (nSPS) is 15.0. The Morgan fingerprint density at radius 3 is 2.78 bits per heavy atom. The standard InChI is InChI=1S/C9H17N5O3S/c1-6(4-9(10)13-15)14(3)18(16,17)8-5-11-12-7(8)2/h5-6,15H,4H2,1-3H3,(H2,10,13)(H,11,12). The Labute approximate surface area is 106 Å². The number of sulfonamides is 1. The molecule has 0 saturated carbocycles. The molecule has 0 fully saturated rings. The lowest BCUT2D eigenvalue weighted by molar-refractivity contribution is 0.313. The third-order valence-corrected chi connectivity index (χ3v) is 4.78. The van der Waals surface area contributed by atoms with Gasteiger partial charge in [0.15, 0.2) is 0 Å². The zero-order valence-corrected chi connectivity index (χ0v) is 11.3. The molecular formula is C9H17N5O3S. The highest BCUT2D eigenvalue weighted by atomic mass is 32.2. The molecule has 1 rings (SSSR count). The molecule has 1 aromatic heterocycles. The summed E-state index contributed by atoms with van der Waals surface area (Å²) in [5.74, 6) is -0.0199. The highest BCUT2D eigenvalue weighted by Gasteiger charge is 2.28. The number of amidine groups is 1. The van der Waals surface area contributed by atoms with Crippen LogP contribution in [0.15, 0.2) is 16.2 Å². The Kier molecular flexibility index (Phi) is 4.30. The Balaban J connectivity index is 2.96. The molecule has 1 atom stereocenters. The maximum absolute atomic E-state index is 12.2. The maximum Gasteiger partial charge on any atom is 0.246 e. The van der Waals surface area contributed by atoms with Crippen LogP contribution in [0.5, 0.6) is 0 Å². The fourth-order valence-electron chi connectivity index (χ4n) is 1.46. The van der Waals surface area contributed by atoms with Crippen molar-refractivity contribution in [2.24, 2.45) is 10.9 Å². The van der Waals surface area contributed by atoms with Crippen LogP contribution in [-0.2, 0) is 10.0 Å². The Morgan fingerprint density at radius 2 is 2.33 bits per heavy atom. The van der Waals surface area contributed by atoms with E-state index in [4.69, 9.17) is 10.9 Å². The molecule has 0 saturated heterocycles. The van der Waals surface area contributed by atoms with Gasteiger partial charge >= 0.3 is 0 Å². The number of hydrogen-bond donors (Lipinski definition) is 3. The van der Waals surface area contributed by atoms with Gasteiger partial charge in [0.05, 0.1) is 11.9 Å². The first kappa shape index (κ1) is 14.5.